The van der Waals surface area contributed by atoms with Gasteiger partial charge in [0.1, 0.15) is 11.6 Å². The molecule has 1 N–H and O–H groups in total. The minimum atomic E-state index is -0.227. The van der Waals surface area contributed by atoms with Crippen molar-refractivity contribution in [3.05, 3.63) is 59.9 Å². The SMILES string of the molecule is COc1cccc(C(=O)NCCCCCc2nc3ccccc3n2C(C)C(C)=O)c1. The van der Waals surface area contributed by atoms with E-state index in [2.05, 4.69) is 9.88 Å². The molecule has 0 aliphatic heterocycles. The molecule has 1 aromatic heterocycles. The average molecular weight is 408 g/mol. The van der Waals surface area contributed by atoms with Crippen molar-refractivity contribution in [2.45, 2.75) is 45.6 Å². The van der Waals surface area contributed by atoms with Crippen LogP contribution in [-0.4, -0.2) is 34.9 Å². The molecule has 3 aromatic rings. The Balaban J connectivity index is 1.51. The summed E-state index contributed by atoms with van der Waals surface area (Å²) in [6.45, 7) is 4.17. The van der Waals surface area contributed by atoms with Crippen molar-refractivity contribution < 1.29 is 14.3 Å². The summed E-state index contributed by atoms with van der Waals surface area (Å²) in [5, 5.41) is 2.95. The van der Waals surface area contributed by atoms with Crippen LogP contribution >= 0.6 is 0 Å². The van der Waals surface area contributed by atoms with Crippen LogP contribution in [0.4, 0.5) is 0 Å². The highest BCUT2D eigenvalue weighted by Crippen LogP contribution is 2.23. The van der Waals surface area contributed by atoms with Crippen LogP contribution in [0.25, 0.3) is 11.0 Å². The number of methoxy groups -OCH3 is 1. The van der Waals surface area contributed by atoms with Crippen LogP contribution in [0, 0.1) is 0 Å². The number of ketones is 1. The Morgan fingerprint density at radius 1 is 1.10 bits per heavy atom. The highest BCUT2D eigenvalue weighted by atomic mass is 16.5. The number of aryl methyl sites for hydroxylation is 1. The number of hydrogen-bond acceptors (Lipinski definition) is 4. The molecule has 0 bridgehead atoms. The number of carbonyl (C=O) groups is 2. The minimum absolute atomic E-state index is 0.0917. The van der Waals surface area contributed by atoms with Gasteiger partial charge >= 0.3 is 0 Å². The molecule has 0 aliphatic carbocycles. The van der Waals surface area contributed by atoms with E-state index in [1.54, 1.807) is 26.2 Å². The number of nitrogens with one attached hydrogen (secondary N) is 1. The third kappa shape index (κ3) is 5.06. The number of para-hydroxylation sites is 2. The summed E-state index contributed by atoms with van der Waals surface area (Å²) in [5.41, 5.74) is 2.52. The predicted molar refractivity (Wildman–Crippen MR) is 118 cm³/mol. The van der Waals surface area contributed by atoms with Crippen molar-refractivity contribution in [1.82, 2.24) is 14.9 Å². The Bertz CT molecular complexity index is 1030. The number of rotatable bonds is 10. The number of nitrogens with zero attached hydrogens (tertiary/aromatic N) is 2. The molecule has 0 aliphatic rings. The van der Waals surface area contributed by atoms with E-state index >= 15 is 0 Å². The van der Waals surface area contributed by atoms with Crippen LogP contribution in [0.1, 0.15) is 55.3 Å². The lowest BCUT2D eigenvalue weighted by molar-refractivity contribution is -0.119. The quantitative estimate of drug-likeness (QED) is 0.508. The fourth-order valence-electron chi connectivity index (χ4n) is 3.54. The zero-order chi connectivity index (χ0) is 21.5. The van der Waals surface area contributed by atoms with Gasteiger partial charge in [0, 0.05) is 18.5 Å². The average Bonchev–Trinajstić information content (AvgIpc) is 3.13. The molecule has 0 spiro atoms. The molecule has 2 aromatic carbocycles. The zero-order valence-corrected chi connectivity index (χ0v) is 17.9. The first-order chi connectivity index (χ1) is 14.5. The smallest absolute Gasteiger partial charge is 0.251 e. The van der Waals surface area contributed by atoms with Gasteiger partial charge in [-0.2, -0.15) is 0 Å². The Labute approximate surface area is 177 Å². The van der Waals surface area contributed by atoms with Gasteiger partial charge in [-0.3, -0.25) is 9.59 Å². The standard InChI is InChI=1S/C24H29N3O3/c1-17(18(2)28)27-22-13-7-6-12-21(22)26-23(27)14-5-4-8-15-25-24(29)19-10-9-11-20(16-19)30-3/h6-7,9-13,16-17H,4-5,8,14-15H2,1-3H3,(H,25,29). The molecule has 1 heterocycles. The topological polar surface area (TPSA) is 73.2 Å². The summed E-state index contributed by atoms with van der Waals surface area (Å²) >= 11 is 0. The molecule has 0 radical (unpaired) electrons. The highest BCUT2D eigenvalue weighted by Gasteiger charge is 2.18. The van der Waals surface area contributed by atoms with Gasteiger partial charge in [0.05, 0.1) is 24.2 Å². The molecular weight excluding hydrogens is 378 g/mol. The predicted octanol–water partition coefficient (Wildman–Crippen LogP) is 4.34. The van der Waals surface area contributed by atoms with Crippen molar-refractivity contribution in [2.24, 2.45) is 0 Å². The van der Waals surface area contributed by atoms with Crippen molar-refractivity contribution in [2.75, 3.05) is 13.7 Å². The number of Topliss-reactive ketones (excluding diaryl/α,β-unsaturated/α-hetero) is 1. The van der Waals surface area contributed by atoms with E-state index in [4.69, 9.17) is 9.72 Å². The van der Waals surface area contributed by atoms with Gasteiger partial charge in [0.25, 0.3) is 5.91 Å². The van der Waals surface area contributed by atoms with E-state index in [-0.39, 0.29) is 17.7 Å². The van der Waals surface area contributed by atoms with E-state index in [0.29, 0.717) is 17.9 Å². The van der Waals surface area contributed by atoms with E-state index < -0.39 is 0 Å². The maximum Gasteiger partial charge on any atom is 0.251 e. The molecule has 0 fully saturated rings. The third-order valence-electron chi connectivity index (χ3n) is 5.34. The first-order valence-electron chi connectivity index (χ1n) is 10.4. The second-order valence-electron chi connectivity index (χ2n) is 7.47. The summed E-state index contributed by atoms with van der Waals surface area (Å²) in [5.74, 6) is 1.65. The van der Waals surface area contributed by atoms with Gasteiger partial charge < -0.3 is 14.6 Å². The van der Waals surface area contributed by atoms with Crippen LogP contribution in [0.15, 0.2) is 48.5 Å². The van der Waals surface area contributed by atoms with E-state index in [0.717, 1.165) is 42.5 Å². The number of benzene rings is 2. The van der Waals surface area contributed by atoms with Crippen LogP contribution in [-0.2, 0) is 11.2 Å². The number of aromatic nitrogens is 2. The normalized spacial score (nSPS) is 12.0. The number of unbranched alkanes of at least 4 members (excludes halogenated alkanes) is 2. The summed E-state index contributed by atoms with van der Waals surface area (Å²) in [4.78, 5) is 29.0. The van der Waals surface area contributed by atoms with Crippen molar-refractivity contribution >= 4 is 22.7 Å². The number of carbonyl (C=O) groups excluding carboxylic acids is 2. The molecule has 6 nitrogen and oxygen atoms in total. The number of imidazole rings is 1. The molecule has 30 heavy (non-hydrogen) atoms. The summed E-state index contributed by atoms with van der Waals surface area (Å²) < 4.78 is 7.22. The minimum Gasteiger partial charge on any atom is -0.497 e. The Morgan fingerprint density at radius 3 is 2.67 bits per heavy atom. The molecule has 1 unspecified atom stereocenters. The molecule has 6 heteroatoms. The van der Waals surface area contributed by atoms with Crippen molar-refractivity contribution in [3.63, 3.8) is 0 Å². The maximum absolute atomic E-state index is 12.2. The molecule has 158 valence electrons. The first-order valence-corrected chi connectivity index (χ1v) is 10.4. The first kappa shape index (κ1) is 21.6. The van der Waals surface area contributed by atoms with Gasteiger partial charge in [-0.25, -0.2) is 4.98 Å². The lowest BCUT2D eigenvalue weighted by atomic mass is 10.1. The highest BCUT2D eigenvalue weighted by molar-refractivity contribution is 5.94. The largest absolute Gasteiger partial charge is 0.497 e. The van der Waals surface area contributed by atoms with Crippen LogP contribution in [0.3, 0.4) is 0 Å². The Morgan fingerprint density at radius 2 is 1.90 bits per heavy atom. The number of hydrogen-bond donors (Lipinski definition) is 1. The number of amides is 1. The van der Waals surface area contributed by atoms with Crippen LogP contribution in [0.2, 0.25) is 0 Å². The van der Waals surface area contributed by atoms with Gasteiger partial charge in [-0.15, -0.1) is 0 Å². The van der Waals surface area contributed by atoms with Gasteiger partial charge in [0.2, 0.25) is 0 Å². The van der Waals surface area contributed by atoms with Crippen LogP contribution in [0.5, 0.6) is 5.75 Å². The second kappa shape index (κ2) is 10.1. The maximum atomic E-state index is 12.2. The van der Waals surface area contributed by atoms with E-state index in [1.165, 1.54) is 0 Å². The van der Waals surface area contributed by atoms with Crippen LogP contribution < -0.4 is 10.1 Å². The van der Waals surface area contributed by atoms with E-state index in [9.17, 15) is 9.59 Å². The second-order valence-corrected chi connectivity index (χ2v) is 7.47. The fourth-order valence-corrected chi connectivity index (χ4v) is 3.54. The summed E-state index contributed by atoms with van der Waals surface area (Å²) in [6.07, 6.45) is 3.60. The zero-order valence-electron chi connectivity index (χ0n) is 17.9. The third-order valence-corrected chi connectivity index (χ3v) is 5.34. The Kier molecular flexibility index (Phi) is 7.22. The Hall–Kier alpha value is -3.15. The van der Waals surface area contributed by atoms with Gasteiger partial charge in [-0.1, -0.05) is 24.6 Å². The lowest BCUT2D eigenvalue weighted by Gasteiger charge is -2.15. The van der Waals surface area contributed by atoms with Crippen molar-refractivity contribution in [3.8, 4) is 5.75 Å². The van der Waals surface area contributed by atoms with Crippen molar-refractivity contribution in [1.29, 1.82) is 0 Å². The molecule has 1 atom stereocenters. The lowest BCUT2D eigenvalue weighted by Crippen LogP contribution is -2.24. The summed E-state index contributed by atoms with van der Waals surface area (Å²) in [7, 11) is 1.59. The molecule has 1 amide bonds. The molecular formula is C24H29N3O3. The van der Waals surface area contributed by atoms with E-state index in [1.807, 2.05) is 43.3 Å². The van der Waals surface area contributed by atoms with Gasteiger partial charge in [-0.05, 0) is 57.0 Å². The summed E-state index contributed by atoms with van der Waals surface area (Å²) in [6, 6.07) is 14.8. The van der Waals surface area contributed by atoms with Gasteiger partial charge in [0.15, 0.2) is 5.78 Å². The fraction of sp³-hybridized carbons (Fsp3) is 0.375. The number of fused-ring (bicyclic) bond motifs is 1. The molecule has 0 saturated carbocycles. The monoisotopic (exact) mass is 407 g/mol. The molecule has 3 rings (SSSR count). The molecule has 0 saturated heterocycles. The number of ether oxygens (including phenoxy) is 1.